The molecule has 0 aromatic heterocycles. The molecule has 1 unspecified atom stereocenters. The van der Waals surface area contributed by atoms with Gasteiger partial charge in [-0.15, -0.1) is 0 Å². The molecule has 0 radical (unpaired) electrons. The molecule has 18 heavy (non-hydrogen) atoms. The second kappa shape index (κ2) is 4.75. The number of alkyl halides is 6. The zero-order valence-corrected chi connectivity index (χ0v) is 8.61. The SMILES string of the molecule is OC(Cc1ccc(F)cc1C(F)(F)F)C(F)(F)F. The fraction of sp³-hybridized carbons (Fsp3) is 0.400. The van der Waals surface area contributed by atoms with Crippen LogP contribution in [-0.4, -0.2) is 17.4 Å². The number of hydrogen-bond acceptors (Lipinski definition) is 1. The lowest BCUT2D eigenvalue weighted by molar-refractivity contribution is -0.203. The maximum absolute atomic E-state index is 12.7. The van der Waals surface area contributed by atoms with Crippen LogP contribution in [0.3, 0.4) is 0 Å². The standard InChI is InChI=1S/C10H7F7O/c11-6-2-1-5(3-8(18)10(15,16)17)7(4-6)9(12,13)14/h1-2,4,8,18H,3H2. The van der Waals surface area contributed by atoms with E-state index in [1.165, 1.54) is 0 Å². The number of aliphatic hydroxyl groups excluding tert-OH is 1. The Balaban J connectivity index is 3.10. The highest BCUT2D eigenvalue weighted by Crippen LogP contribution is 2.34. The normalized spacial score (nSPS) is 14.7. The molecule has 8 heteroatoms. The lowest BCUT2D eigenvalue weighted by Crippen LogP contribution is -2.31. The summed E-state index contributed by atoms with van der Waals surface area (Å²) in [7, 11) is 0. The van der Waals surface area contributed by atoms with Gasteiger partial charge in [-0.2, -0.15) is 26.3 Å². The van der Waals surface area contributed by atoms with Gasteiger partial charge in [-0.1, -0.05) is 6.07 Å². The van der Waals surface area contributed by atoms with Crippen molar-refractivity contribution in [2.45, 2.75) is 24.9 Å². The third kappa shape index (κ3) is 3.59. The van der Waals surface area contributed by atoms with Crippen LogP contribution in [0.15, 0.2) is 18.2 Å². The quantitative estimate of drug-likeness (QED) is 0.822. The van der Waals surface area contributed by atoms with Crippen molar-refractivity contribution in [3.05, 3.63) is 35.1 Å². The van der Waals surface area contributed by atoms with Gasteiger partial charge in [-0.25, -0.2) is 4.39 Å². The van der Waals surface area contributed by atoms with Crippen LogP contribution in [0.4, 0.5) is 30.7 Å². The van der Waals surface area contributed by atoms with Crippen LogP contribution in [0.25, 0.3) is 0 Å². The Labute approximate surface area is 96.8 Å². The Morgan fingerprint density at radius 3 is 2.06 bits per heavy atom. The van der Waals surface area contributed by atoms with E-state index in [2.05, 4.69) is 0 Å². The van der Waals surface area contributed by atoms with Crippen LogP contribution < -0.4 is 0 Å². The second-order valence-corrected chi connectivity index (χ2v) is 3.56. The lowest BCUT2D eigenvalue weighted by Gasteiger charge is -2.18. The molecule has 1 nitrogen and oxygen atoms in total. The molecule has 102 valence electrons. The van der Waals surface area contributed by atoms with Gasteiger partial charge in [0.15, 0.2) is 6.10 Å². The maximum Gasteiger partial charge on any atom is 0.416 e. The molecule has 1 aromatic carbocycles. The smallest absolute Gasteiger partial charge is 0.383 e. The highest BCUT2D eigenvalue weighted by molar-refractivity contribution is 5.31. The van der Waals surface area contributed by atoms with E-state index in [4.69, 9.17) is 5.11 Å². The summed E-state index contributed by atoms with van der Waals surface area (Å²) >= 11 is 0. The summed E-state index contributed by atoms with van der Waals surface area (Å²) < 4.78 is 86.1. The summed E-state index contributed by atoms with van der Waals surface area (Å²) in [5.74, 6) is -1.22. The van der Waals surface area contributed by atoms with E-state index < -0.39 is 41.8 Å². The van der Waals surface area contributed by atoms with Crippen molar-refractivity contribution in [3.8, 4) is 0 Å². The van der Waals surface area contributed by atoms with E-state index in [0.29, 0.717) is 12.1 Å². The summed E-state index contributed by atoms with van der Waals surface area (Å²) in [5, 5.41) is 8.71. The molecular weight excluding hydrogens is 269 g/mol. The Kier molecular flexibility index (Phi) is 3.89. The molecule has 0 aliphatic rings. The van der Waals surface area contributed by atoms with Gasteiger partial charge in [0.25, 0.3) is 0 Å². The number of aliphatic hydroxyl groups is 1. The second-order valence-electron chi connectivity index (χ2n) is 3.56. The minimum atomic E-state index is -5.03. The van der Waals surface area contributed by atoms with Gasteiger partial charge in [-0.3, -0.25) is 0 Å². The molecule has 0 aliphatic carbocycles. The first-order chi connectivity index (χ1) is 8.01. The van der Waals surface area contributed by atoms with Crippen molar-refractivity contribution in [3.63, 3.8) is 0 Å². The number of rotatable bonds is 2. The largest absolute Gasteiger partial charge is 0.416 e. The van der Waals surface area contributed by atoms with Crippen molar-refractivity contribution in [2.75, 3.05) is 0 Å². The van der Waals surface area contributed by atoms with Gasteiger partial charge in [0, 0.05) is 6.42 Å². The van der Waals surface area contributed by atoms with Crippen molar-refractivity contribution in [1.82, 2.24) is 0 Å². The van der Waals surface area contributed by atoms with E-state index in [0.717, 1.165) is 0 Å². The average Bonchev–Trinajstić information content (AvgIpc) is 2.17. The van der Waals surface area contributed by atoms with E-state index >= 15 is 0 Å². The fourth-order valence-electron chi connectivity index (χ4n) is 1.31. The Morgan fingerprint density at radius 2 is 1.61 bits per heavy atom. The van der Waals surface area contributed by atoms with Crippen molar-refractivity contribution in [2.24, 2.45) is 0 Å². The van der Waals surface area contributed by atoms with Crippen LogP contribution >= 0.6 is 0 Å². The molecule has 0 spiro atoms. The van der Waals surface area contributed by atoms with Crippen LogP contribution in [0.1, 0.15) is 11.1 Å². The number of hydrogen-bond donors (Lipinski definition) is 1. The molecule has 1 atom stereocenters. The van der Waals surface area contributed by atoms with Gasteiger partial charge in [0.1, 0.15) is 5.82 Å². The van der Waals surface area contributed by atoms with E-state index in [9.17, 15) is 30.7 Å². The first-order valence-electron chi connectivity index (χ1n) is 4.62. The van der Waals surface area contributed by atoms with Crippen LogP contribution in [0, 0.1) is 5.82 Å². The lowest BCUT2D eigenvalue weighted by atomic mass is 10.0. The summed E-state index contributed by atoms with van der Waals surface area (Å²) in [4.78, 5) is 0. The summed E-state index contributed by atoms with van der Waals surface area (Å²) in [6.07, 6.45) is -14.2. The van der Waals surface area contributed by atoms with Crippen molar-refractivity contribution in [1.29, 1.82) is 0 Å². The van der Waals surface area contributed by atoms with Gasteiger partial charge < -0.3 is 5.11 Å². The first kappa shape index (κ1) is 14.7. The molecule has 0 saturated carbocycles. The molecule has 0 saturated heterocycles. The van der Waals surface area contributed by atoms with E-state index in [1.54, 1.807) is 0 Å². The predicted molar refractivity (Wildman–Crippen MR) is 47.2 cm³/mol. The summed E-state index contributed by atoms with van der Waals surface area (Å²) in [6.45, 7) is 0. The van der Waals surface area contributed by atoms with Gasteiger partial charge in [0.2, 0.25) is 0 Å². The average molecular weight is 276 g/mol. The monoisotopic (exact) mass is 276 g/mol. The number of halogens is 7. The molecular formula is C10H7F7O. The minimum absolute atomic E-state index is 0.0957. The Morgan fingerprint density at radius 1 is 1.06 bits per heavy atom. The molecule has 1 N–H and O–H groups in total. The van der Waals surface area contributed by atoms with Gasteiger partial charge in [-0.05, 0) is 17.7 Å². The first-order valence-corrected chi connectivity index (χ1v) is 4.62. The van der Waals surface area contributed by atoms with Gasteiger partial charge >= 0.3 is 12.4 Å². The Bertz CT molecular complexity index is 421. The van der Waals surface area contributed by atoms with Crippen molar-refractivity contribution < 1.29 is 35.8 Å². The van der Waals surface area contributed by atoms with Crippen LogP contribution in [-0.2, 0) is 12.6 Å². The molecule has 1 rings (SSSR count). The highest BCUT2D eigenvalue weighted by Gasteiger charge is 2.40. The molecule has 0 bridgehead atoms. The van der Waals surface area contributed by atoms with Crippen molar-refractivity contribution >= 4 is 0 Å². The third-order valence-electron chi connectivity index (χ3n) is 2.17. The molecule has 0 heterocycles. The topological polar surface area (TPSA) is 20.2 Å². The zero-order valence-electron chi connectivity index (χ0n) is 8.61. The molecule has 0 aliphatic heterocycles. The van der Waals surface area contributed by atoms with Crippen LogP contribution in [0.2, 0.25) is 0 Å². The van der Waals surface area contributed by atoms with Crippen LogP contribution in [0.5, 0.6) is 0 Å². The summed E-state index contributed by atoms with van der Waals surface area (Å²) in [5.41, 5.74) is -2.33. The maximum atomic E-state index is 12.7. The summed E-state index contributed by atoms with van der Waals surface area (Å²) in [6, 6.07) is 1.28. The predicted octanol–water partition coefficient (Wildman–Crippen LogP) is 3.31. The highest BCUT2D eigenvalue weighted by atomic mass is 19.4. The molecule has 0 fully saturated rings. The fourth-order valence-corrected chi connectivity index (χ4v) is 1.31. The van der Waals surface area contributed by atoms with Gasteiger partial charge in [0.05, 0.1) is 5.56 Å². The molecule has 1 aromatic rings. The Hall–Kier alpha value is -1.31. The third-order valence-corrected chi connectivity index (χ3v) is 2.17. The zero-order chi connectivity index (χ0) is 14.1. The van der Waals surface area contributed by atoms with E-state index in [-0.39, 0.29) is 6.07 Å². The molecule has 0 amide bonds. The van der Waals surface area contributed by atoms with E-state index in [1.807, 2.05) is 0 Å². The minimum Gasteiger partial charge on any atom is -0.383 e. The number of benzene rings is 1.